The first-order valence-corrected chi connectivity index (χ1v) is 12.5. The third-order valence-electron chi connectivity index (χ3n) is 6.17. The number of rotatable bonds is 9. The number of morpholine rings is 1. The number of primary amides is 1. The van der Waals surface area contributed by atoms with Gasteiger partial charge in [0, 0.05) is 49.4 Å². The maximum atomic E-state index is 12.2. The van der Waals surface area contributed by atoms with E-state index in [2.05, 4.69) is 20.5 Å². The lowest BCUT2D eigenvalue weighted by molar-refractivity contribution is 0.0322. The zero-order valence-electron chi connectivity index (χ0n) is 20.2. The lowest BCUT2D eigenvalue weighted by Crippen LogP contribution is -2.38. The van der Waals surface area contributed by atoms with E-state index in [1.54, 1.807) is 42.6 Å². The van der Waals surface area contributed by atoms with Crippen molar-refractivity contribution in [1.82, 2.24) is 15.2 Å². The molecule has 2 aliphatic rings. The number of benzene rings is 2. The summed E-state index contributed by atoms with van der Waals surface area (Å²) < 4.78 is 17.4. The fourth-order valence-electron chi connectivity index (χ4n) is 4.02. The fraction of sp³-hybridized carbons (Fsp3) is 0.346. The number of carbonyl (C=O) groups is 2. The van der Waals surface area contributed by atoms with Gasteiger partial charge < -0.3 is 30.6 Å². The van der Waals surface area contributed by atoms with E-state index in [0.717, 1.165) is 25.9 Å². The zero-order chi connectivity index (χ0) is 25.8. The summed E-state index contributed by atoms with van der Waals surface area (Å²) in [6, 6.07) is 9.94. The highest BCUT2D eigenvalue weighted by atomic mass is 35.5. The number of carbonyl (C=O) groups excluding carboxylic acids is 2. The van der Waals surface area contributed by atoms with Gasteiger partial charge in [-0.2, -0.15) is 0 Å². The van der Waals surface area contributed by atoms with Crippen LogP contribution < -0.4 is 25.8 Å². The quantitative estimate of drug-likeness (QED) is 0.388. The van der Waals surface area contributed by atoms with Gasteiger partial charge in [0.25, 0.3) is 5.91 Å². The standard InChI is InChI=1S/C26H28ClN5O5/c27-20-13-17(3-4-21(20)31-26(34)30-16-1-2-16)37-23-5-6-29-22-15-24(19(25(28)33)14-18(22)23)36-12-9-32-7-10-35-11-8-32/h3-6,13-16H,1-2,7-12H2,(H2,28,33)(H2,30,31,34). The summed E-state index contributed by atoms with van der Waals surface area (Å²) in [6.45, 7) is 4.22. The molecule has 2 fully saturated rings. The molecule has 0 spiro atoms. The summed E-state index contributed by atoms with van der Waals surface area (Å²) in [5.74, 6) is 0.689. The number of amides is 3. The van der Waals surface area contributed by atoms with Gasteiger partial charge in [-0.05, 0) is 37.1 Å². The first kappa shape index (κ1) is 25.1. The summed E-state index contributed by atoms with van der Waals surface area (Å²) in [4.78, 5) is 30.9. The maximum absolute atomic E-state index is 12.2. The van der Waals surface area contributed by atoms with Crippen molar-refractivity contribution in [1.29, 1.82) is 0 Å². The average Bonchev–Trinajstić information content (AvgIpc) is 3.70. The Morgan fingerprint density at radius 1 is 1.14 bits per heavy atom. The van der Waals surface area contributed by atoms with E-state index < -0.39 is 5.91 Å². The van der Waals surface area contributed by atoms with Crippen LogP contribution in [-0.4, -0.2) is 67.3 Å². The fourth-order valence-corrected chi connectivity index (χ4v) is 4.24. The Balaban J connectivity index is 1.32. The molecular formula is C26H28ClN5O5. The number of nitrogens with one attached hydrogen (secondary N) is 2. The van der Waals surface area contributed by atoms with Crippen LogP contribution in [0.25, 0.3) is 10.9 Å². The largest absolute Gasteiger partial charge is 0.491 e. The van der Waals surface area contributed by atoms with E-state index in [1.807, 2.05) is 0 Å². The summed E-state index contributed by atoms with van der Waals surface area (Å²) >= 11 is 6.38. The van der Waals surface area contributed by atoms with Gasteiger partial charge in [0.2, 0.25) is 0 Å². The van der Waals surface area contributed by atoms with Crippen LogP contribution in [0.5, 0.6) is 17.2 Å². The Hall–Kier alpha value is -3.60. The zero-order valence-corrected chi connectivity index (χ0v) is 20.9. The van der Waals surface area contributed by atoms with Crippen LogP contribution in [-0.2, 0) is 4.74 Å². The average molecular weight is 526 g/mol. The molecule has 11 heteroatoms. The van der Waals surface area contributed by atoms with Gasteiger partial charge in [-0.3, -0.25) is 14.7 Å². The molecule has 1 aliphatic heterocycles. The third-order valence-corrected chi connectivity index (χ3v) is 6.48. The van der Waals surface area contributed by atoms with Crippen molar-refractivity contribution in [2.75, 3.05) is 44.8 Å². The van der Waals surface area contributed by atoms with Gasteiger partial charge >= 0.3 is 6.03 Å². The number of halogens is 1. The molecule has 3 amide bonds. The molecule has 1 aliphatic carbocycles. The Kier molecular flexibility index (Phi) is 7.59. The molecule has 0 atom stereocenters. The topological polar surface area (TPSA) is 128 Å². The number of anilines is 1. The molecule has 0 radical (unpaired) electrons. The minimum absolute atomic E-state index is 0.238. The van der Waals surface area contributed by atoms with Crippen LogP contribution in [0.2, 0.25) is 5.02 Å². The van der Waals surface area contributed by atoms with Gasteiger partial charge in [0.1, 0.15) is 23.9 Å². The number of hydrogen-bond donors (Lipinski definition) is 3. The molecule has 0 unspecified atom stereocenters. The van der Waals surface area contributed by atoms with E-state index in [-0.39, 0.29) is 17.6 Å². The number of ether oxygens (including phenoxy) is 3. The van der Waals surface area contributed by atoms with E-state index in [1.165, 1.54) is 0 Å². The molecule has 0 bridgehead atoms. The van der Waals surface area contributed by atoms with Crippen LogP contribution in [0.3, 0.4) is 0 Å². The van der Waals surface area contributed by atoms with Crippen LogP contribution in [0, 0.1) is 0 Å². The lowest BCUT2D eigenvalue weighted by Gasteiger charge is -2.26. The van der Waals surface area contributed by atoms with E-state index >= 15 is 0 Å². The number of pyridine rings is 1. The maximum Gasteiger partial charge on any atom is 0.319 e. The number of fused-ring (bicyclic) bond motifs is 1. The highest BCUT2D eigenvalue weighted by Gasteiger charge is 2.23. The predicted molar refractivity (Wildman–Crippen MR) is 140 cm³/mol. The predicted octanol–water partition coefficient (Wildman–Crippen LogP) is 3.77. The molecule has 2 aromatic carbocycles. The number of urea groups is 1. The van der Waals surface area contributed by atoms with Crippen LogP contribution in [0.1, 0.15) is 23.2 Å². The monoisotopic (exact) mass is 525 g/mol. The molecule has 194 valence electrons. The highest BCUT2D eigenvalue weighted by molar-refractivity contribution is 6.33. The van der Waals surface area contributed by atoms with E-state index in [4.69, 9.17) is 31.5 Å². The van der Waals surface area contributed by atoms with Crippen molar-refractivity contribution >= 4 is 40.1 Å². The molecular weight excluding hydrogens is 498 g/mol. The molecule has 1 saturated heterocycles. The van der Waals surface area contributed by atoms with Gasteiger partial charge in [-0.25, -0.2) is 4.79 Å². The Morgan fingerprint density at radius 2 is 1.95 bits per heavy atom. The van der Waals surface area contributed by atoms with Crippen LogP contribution >= 0.6 is 11.6 Å². The molecule has 1 saturated carbocycles. The van der Waals surface area contributed by atoms with Crippen molar-refractivity contribution in [2.45, 2.75) is 18.9 Å². The Labute approximate surface area is 219 Å². The van der Waals surface area contributed by atoms with Crippen molar-refractivity contribution in [3.8, 4) is 17.2 Å². The number of nitrogens with two attached hydrogens (primary N) is 1. The molecule has 1 aromatic heterocycles. The van der Waals surface area contributed by atoms with Gasteiger partial charge in [0.15, 0.2) is 0 Å². The van der Waals surface area contributed by atoms with Gasteiger partial charge in [-0.1, -0.05) is 11.6 Å². The molecule has 37 heavy (non-hydrogen) atoms. The normalized spacial score (nSPS) is 15.8. The second-order valence-electron chi connectivity index (χ2n) is 8.96. The second kappa shape index (κ2) is 11.2. The Bertz CT molecular complexity index is 1310. The van der Waals surface area contributed by atoms with Crippen LogP contribution in [0.4, 0.5) is 10.5 Å². The van der Waals surface area contributed by atoms with Gasteiger partial charge in [0.05, 0.1) is 35.0 Å². The third kappa shape index (κ3) is 6.40. The summed E-state index contributed by atoms with van der Waals surface area (Å²) in [7, 11) is 0. The number of hydrogen-bond acceptors (Lipinski definition) is 7. The smallest absolute Gasteiger partial charge is 0.319 e. The van der Waals surface area contributed by atoms with Crippen molar-refractivity contribution in [2.24, 2.45) is 5.73 Å². The molecule has 4 N–H and O–H groups in total. The molecule has 3 aromatic rings. The number of nitrogens with zero attached hydrogens (tertiary/aromatic N) is 2. The van der Waals surface area contributed by atoms with Crippen molar-refractivity contribution in [3.63, 3.8) is 0 Å². The number of aromatic nitrogens is 1. The molecule has 5 rings (SSSR count). The second-order valence-corrected chi connectivity index (χ2v) is 9.36. The minimum Gasteiger partial charge on any atom is -0.491 e. The minimum atomic E-state index is -0.610. The SMILES string of the molecule is NC(=O)c1cc2c(Oc3ccc(NC(=O)NC4CC4)c(Cl)c3)ccnc2cc1OCCN1CCOCC1. The van der Waals surface area contributed by atoms with E-state index in [0.29, 0.717) is 65.2 Å². The highest BCUT2D eigenvalue weighted by Crippen LogP contribution is 2.35. The van der Waals surface area contributed by atoms with Crippen molar-refractivity contribution < 1.29 is 23.8 Å². The molecule has 2 heterocycles. The van der Waals surface area contributed by atoms with Crippen molar-refractivity contribution in [3.05, 3.63) is 53.2 Å². The summed E-state index contributed by atoms with van der Waals surface area (Å²) in [5, 5.41) is 6.52. The van der Waals surface area contributed by atoms with Gasteiger partial charge in [-0.15, -0.1) is 0 Å². The van der Waals surface area contributed by atoms with Crippen LogP contribution in [0.15, 0.2) is 42.6 Å². The first-order valence-electron chi connectivity index (χ1n) is 12.2. The Morgan fingerprint density at radius 3 is 2.68 bits per heavy atom. The molecule has 10 nitrogen and oxygen atoms in total. The first-order chi connectivity index (χ1) is 18.0. The summed E-state index contributed by atoms with van der Waals surface area (Å²) in [6.07, 6.45) is 3.60. The lowest BCUT2D eigenvalue weighted by atomic mass is 10.1. The van der Waals surface area contributed by atoms with E-state index in [9.17, 15) is 9.59 Å². The summed E-state index contributed by atoms with van der Waals surface area (Å²) in [5.41, 5.74) is 6.97.